The number of amides is 1. The van der Waals surface area contributed by atoms with Gasteiger partial charge in [0.25, 0.3) is 5.91 Å². The molecule has 4 aromatic rings. The number of fused-ring (bicyclic) bond motifs is 1. The number of hydrazine groups is 1. The summed E-state index contributed by atoms with van der Waals surface area (Å²) in [5.41, 5.74) is 4.82. The Morgan fingerprint density at radius 1 is 1.03 bits per heavy atom. The minimum absolute atomic E-state index is 0.220. The van der Waals surface area contributed by atoms with E-state index in [9.17, 15) is 14.9 Å². The fraction of sp³-hybridized carbons (Fsp3) is 0. The van der Waals surface area contributed by atoms with Crippen LogP contribution in [-0.4, -0.2) is 25.8 Å². The first-order chi connectivity index (χ1) is 14.6. The highest BCUT2D eigenvalue weighted by Gasteiger charge is 2.25. The molecule has 0 radical (unpaired) electrons. The van der Waals surface area contributed by atoms with Crippen LogP contribution in [-0.2, 0) is 0 Å². The molecule has 2 heterocycles. The van der Waals surface area contributed by atoms with Crippen LogP contribution in [0, 0.1) is 10.1 Å². The number of nitrogens with zero attached hydrogens (tertiary/aromatic N) is 4. The van der Waals surface area contributed by atoms with Gasteiger partial charge in [0, 0.05) is 11.8 Å². The molecular weight excluding hydrogens is 388 g/mol. The molecular formula is C20H14N6O4. The van der Waals surface area contributed by atoms with E-state index < -0.39 is 16.5 Å². The number of pyridine rings is 1. The van der Waals surface area contributed by atoms with Crippen molar-refractivity contribution < 1.29 is 14.5 Å². The maximum absolute atomic E-state index is 12.7. The Balaban J connectivity index is 1.59. The van der Waals surface area contributed by atoms with Gasteiger partial charge in [0.15, 0.2) is 0 Å². The molecule has 1 amide bonds. The van der Waals surface area contributed by atoms with Gasteiger partial charge >= 0.3 is 11.6 Å². The van der Waals surface area contributed by atoms with E-state index in [4.69, 9.17) is 4.74 Å². The number of rotatable bonds is 6. The van der Waals surface area contributed by atoms with E-state index in [1.165, 1.54) is 12.4 Å². The van der Waals surface area contributed by atoms with Gasteiger partial charge in [-0.2, -0.15) is 4.98 Å². The molecule has 4 rings (SSSR count). The summed E-state index contributed by atoms with van der Waals surface area (Å²) >= 11 is 0. The number of nitrogens with one attached hydrogen (secondary N) is 2. The Hall–Kier alpha value is -4.60. The van der Waals surface area contributed by atoms with Gasteiger partial charge in [-0.15, -0.1) is 0 Å². The molecule has 0 unspecified atom stereocenters. The summed E-state index contributed by atoms with van der Waals surface area (Å²) in [5.74, 6) is -0.716. The number of benzene rings is 2. The third kappa shape index (κ3) is 3.83. The Bertz CT molecular complexity index is 1230. The second-order valence-corrected chi connectivity index (χ2v) is 6.03. The van der Waals surface area contributed by atoms with Crippen molar-refractivity contribution in [1.29, 1.82) is 0 Å². The zero-order valence-electron chi connectivity index (χ0n) is 15.4. The molecule has 0 spiro atoms. The predicted molar refractivity (Wildman–Crippen MR) is 108 cm³/mol. The van der Waals surface area contributed by atoms with E-state index in [1.807, 2.05) is 30.3 Å². The fourth-order valence-electron chi connectivity index (χ4n) is 2.82. The molecule has 0 aliphatic carbocycles. The van der Waals surface area contributed by atoms with Crippen molar-refractivity contribution in [2.24, 2.45) is 0 Å². The molecule has 2 aromatic heterocycles. The third-order valence-electron chi connectivity index (χ3n) is 4.15. The molecule has 2 N–H and O–H groups in total. The molecule has 0 bridgehead atoms. The third-order valence-corrected chi connectivity index (χ3v) is 4.15. The first-order valence-corrected chi connectivity index (χ1v) is 8.75. The lowest BCUT2D eigenvalue weighted by atomic mass is 10.0. The molecule has 0 aliphatic rings. The predicted octanol–water partition coefficient (Wildman–Crippen LogP) is 3.48. The molecule has 30 heavy (non-hydrogen) atoms. The summed E-state index contributed by atoms with van der Waals surface area (Å²) in [6.07, 6.45) is 4.02. The highest BCUT2D eigenvalue weighted by atomic mass is 16.6. The minimum atomic E-state index is -0.696. The molecule has 0 saturated heterocycles. The van der Waals surface area contributed by atoms with E-state index in [0.717, 1.165) is 17.1 Å². The molecule has 2 aromatic carbocycles. The highest BCUT2D eigenvalue weighted by molar-refractivity contribution is 6.07. The van der Waals surface area contributed by atoms with Gasteiger partial charge in [0.05, 0.1) is 11.1 Å². The Labute approximate surface area is 169 Å². The van der Waals surface area contributed by atoms with Gasteiger partial charge in [0.1, 0.15) is 12.1 Å². The molecule has 0 fully saturated rings. The fourth-order valence-corrected chi connectivity index (χ4v) is 2.82. The van der Waals surface area contributed by atoms with E-state index in [1.54, 1.807) is 24.3 Å². The quantitative estimate of drug-likeness (QED) is 0.370. The van der Waals surface area contributed by atoms with E-state index in [0.29, 0.717) is 5.56 Å². The van der Waals surface area contributed by atoms with Crippen LogP contribution in [0.2, 0.25) is 0 Å². The minimum Gasteiger partial charge on any atom is -0.432 e. The average molecular weight is 402 g/mol. The van der Waals surface area contributed by atoms with Crippen molar-refractivity contribution in [3.05, 3.63) is 89.0 Å². The number of aromatic nitrogens is 3. The summed E-state index contributed by atoms with van der Waals surface area (Å²) in [6, 6.07) is 15.9. The zero-order chi connectivity index (χ0) is 20.9. The van der Waals surface area contributed by atoms with Crippen LogP contribution in [0.25, 0.3) is 10.8 Å². The van der Waals surface area contributed by atoms with Crippen molar-refractivity contribution >= 4 is 28.2 Å². The smallest absolute Gasteiger partial charge is 0.374 e. The number of hydrogen-bond acceptors (Lipinski definition) is 8. The van der Waals surface area contributed by atoms with Crippen LogP contribution in [0.5, 0.6) is 11.6 Å². The van der Waals surface area contributed by atoms with Crippen LogP contribution in [0.4, 0.5) is 11.5 Å². The first-order valence-electron chi connectivity index (χ1n) is 8.75. The summed E-state index contributed by atoms with van der Waals surface area (Å²) in [7, 11) is 0. The van der Waals surface area contributed by atoms with Crippen molar-refractivity contribution in [2.75, 3.05) is 5.43 Å². The van der Waals surface area contributed by atoms with E-state index >= 15 is 0 Å². The molecule has 0 saturated carbocycles. The van der Waals surface area contributed by atoms with Gasteiger partial charge in [-0.25, -0.2) is 4.98 Å². The van der Waals surface area contributed by atoms with Crippen molar-refractivity contribution in [2.45, 2.75) is 0 Å². The number of carbonyl (C=O) groups is 1. The Kier molecular flexibility index (Phi) is 5.12. The van der Waals surface area contributed by atoms with Gasteiger partial charge in [-0.3, -0.25) is 30.7 Å². The van der Waals surface area contributed by atoms with E-state index in [-0.39, 0.29) is 17.4 Å². The largest absolute Gasteiger partial charge is 0.432 e. The Morgan fingerprint density at radius 3 is 2.67 bits per heavy atom. The number of nitro groups is 1. The summed E-state index contributed by atoms with van der Waals surface area (Å²) in [5, 5.41) is 13.2. The van der Waals surface area contributed by atoms with Crippen molar-refractivity contribution in [3.8, 4) is 11.6 Å². The topological polar surface area (TPSA) is 132 Å². The van der Waals surface area contributed by atoms with Gasteiger partial charge in [-0.05, 0) is 29.0 Å². The molecule has 10 nitrogen and oxygen atoms in total. The normalized spacial score (nSPS) is 10.4. The van der Waals surface area contributed by atoms with E-state index in [2.05, 4.69) is 25.8 Å². The van der Waals surface area contributed by atoms with Crippen LogP contribution < -0.4 is 15.6 Å². The summed E-state index contributed by atoms with van der Waals surface area (Å²) in [4.78, 5) is 35.1. The van der Waals surface area contributed by atoms with Gasteiger partial charge < -0.3 is 4.74 Å². The maximum atomic E-state index is 12.7. The lowest BCUT2D eigenvalue weighted by Gasteiger charge is -2.11. The van der Waals surface area contributed by atoms with Crippen molar-refractivity contribution in [1.82, 2.24) is 20.4 Å². The molecule has 148 valence electrons. The molecule has 10 heteroatoms. The highest BCUT2D eigenvalue weighted by Crippen LogP contribution is 2.33. The summed E-state index contributed by atoms with van der Waals surface area (Å²) in [6.45, 7) is 0. The number of ether oxygens (including phenoxy) is 1. The second kappa shape index (κ2) is 8.19. The van der Waals surface area contributed by atoms with Crippen LogP contribution in [0.15, 0.2) is 73.3 Å². The zero-order valence-corrected chi connectivity index (χ0v) is 15.4. The standard InChI is InChI=1S/C20H14N6O4/c27-19(16-9-3-6-13-5-1-2-8-15(13)16)25-24-18-17(26(28)29)20(23-12-22-18)30-14-7-4-10-21-11-14/h1-12H,(H,25,27)(H,22,23,24). The monoisotopic (exact) mass is 402 g/mol. The van der Waals surface area contributed by atoms with Crippen molar-refractivity contribution in [3.63, 3.8) is 0 Å². The van der Waals surface area contributed by atoms with Crippen LogP contribution in [0.1, 0.15) is 10.4 Å². The summed E-state index contributed by atoms with van der Waals surface area (Å²) < 4.78 is 5.45. The van der Waals surface area contributed by atoms with Gasteiger partial charge in [0.2, 0.25) is 5.82 Å². The number of carbonyl (C=O) groups excluding carboxylic acids is 1. The lowest BCUT2D eigenvalue weighted by molar-refractivity contribution is -0.385. The first kappa shape index (κ1) is 18.7. The Morgan fingerprint density at radius 2 is 1.87 bits per heavy atom. The average Bonchev–Trinajstić information content (AvgIpc) is 2.77. The SMILES string of the molecule is O=C(NNc1ncnc(Oc2cccnc2)c1[N+](=O)[O-])c1cccc2ccccc12. The molecule has 0 atom stereocenters. The number of anilines is 1. The van der Waals surface area contributed by atoms with Gasteiger partial charge in [-0.1, -0.05) is 36.4 Å². The number of hydrogen-bond donors (Lipinski definition) is 2. The molecule has 0 aliphatic heterocycles. The maximum Gasteiger partial charge on any atom is 0.374 e. The van der Waals surface area contributed by atoms with Crippen LogP contribution in [0.3, 0.4) is 0 Å². The van der Waals surface area contributed by atoms with Crippen LogP contribution >= 0.6 is 0 Å². The lowest BCUT2D eigenvalue weighted by Crippen LogP contribution is -2.30. The second-order valence-electron chi connectivity index (χ2n) is 6.03.